The largest absolute Gasteiger partial charge is 0.478 e. The van der Waals surface area contributed by atoms with E-state index in [9.17, 15) is 13.2 Å². The molecule has 0 saturated heterocycles. The van der Waals surface area contributed by atoms with Crippen molar-refractivity contribution >= 4 is 31.9 Å². The fraction of sp³-hybridized carbons (Fsp3) is 0.182. The van der Waals surface area contributed by atoms with Crippen LogP contribution in [0.5, 0.6) is 0 Å². The topological polar surface area (TPSA) is 83.5 Å². The average molecular weight is 332 g/mol. The lowest BCUT2D eigenvalue weighted by molar-refractivity contribution is 0.0696. The molecule has 0 heterocycles. The van der Waals surface area contributed by atoms with Crippen molar-refractivity contribution in [3.63, 3.8) is 0 Å². The summed E-state index contributed by atoms with van der Waals surface area (Å²) in [5.74, 6) is 3.92. The third kappa shape index (κ3) is 3.57. The monoisotopic (exact) mass is 331 g/mol. The van der Waals surface area contributed by atoms with Gasteiger partial charge in [-0.2, -0.15) is 4.72 Å². The van der Waals surface area contributed by atoms with E-state index in [2.05, 4.69) is 32.5 Å². The van der Waals surface area contributed by atoms with Crippen molar-refractivity contribution in [2.45, 2.75) is 11.8 Å². The minimum Gasteiger partial charge on any atom is -0.478 e. The molecule has 0 radical (unpaired) electrons. The molecule has 0 aliphatic carbocycles. The molecule has 0 saturated carbocycles. The van der Waals surface area contributed by atoms with Crippen LogP contribution in [0.15, 0.2) is 27.6 Å². The molecule has 0 amide bonds. The van der Waals surface area contributed by atoms with Crippen LogP contribution in [0.3, 0.4) is 0 Å². The number of carbonyl (C=O) groups is 1. The molecule has 18 heavy (non-hydrogen) atoms. The van der Waals surface area contributed by atoms with E-state index in [1.807, 2.05) is 0 Å². The number of nitrogens with one attached hydrogen (secondary N) is 1. The van der Waals surface area contributed by atoms with Gasteiger partial charge in [0.05, 0.1) is 17.0 Å². The van der Waals surface area contributed by atoms with Gasteiger partial charge in [-0.25, -0.2) is 13.2 Å². The van der Waals surface area contributed by atoms with Gasteiger partial charge in [0.1, 0.15) is 0 Å². The number of rotatable bonds is 4. The number of halogens is 1. The molecule has 0 unspecified atom stereocenters. The molecule has 5 nitrogen and oxygen atoms in total. The van der Waals surface area contributed by atoms with E-state index in [4.69, 9.17) is 5.11 Å². The van der Waals surface area contributed by atoms with Gasteiger partial charge in [-0.05, 0) is 41.1 Å². The zero-order valence-electron chi connectivity index (χ0n) is 9.40. The van der Waals surface area contributed by atoms with Crippen molar-refractivity contribution in [1.29, 1.82) is 0 Å². The number of sulfonamides is 1. The lowest BCUT2D eigenvalue weighted by Gasteiger charge is -2.07. The quantitative estimate of drug-likeness (QED) is 0.818. The maximum atomic E-state index is 11.9. The Bertz CT molecular complexity index is 628. The Morgan fingerprint density at radius 3 is 2.72 bits per heavy atom. The van der Waals surface area contributed by atoms with Crippen LogP contribution < -0.4 is 4.72 Å². The summed E-state index contributed by atoms with van der Waals surface area (Å²) in [7, 11) is -3.78. The molecule has 0 aliphatic rings. The van der Waals surface area contributed by atoms with Crippen molar-refractivity contribution < 1.29 is 18.3 Å². The predicted octanol–water partition coefficient (Wildman–Crippen LogP) is 1.45. The van der Waals surface area contributed by atoms with Gasteiger partial charge in [0.15, 0.2) is 0 Å². The summed E-state index contributed by atoms with van der Waals surface area (Å²) >= 11 is 3.08. The number of carboxylic acids is 1. The second kappa shape index (κ2) is 6.00. The van der Waals surface area contributed by atoms with E-state index in [-0.39, 0.29) is 17.0 Å². The molecule has 7 heteroatoms. The van der Waals surface area contributed by atoms with E-state index in [0.717, 1.165) is 6.07 Å². The summed E-state index contributed by atoms with van der Waals surface area (Å²) in [6, 6.07) is 3.79. The fourth-order valence-electron chi connectivity index (χ4n) is 1.14. The molecule has 2 N–H and O–H groups in total. The highest BCUT2D eigenvalue weighted by atomic mass is 79.9. The third-order valence-electron chi connectivity index (χ3n) is 2.00. The third-order valence-corrected chi connectivity index (χ3v) is 4.39. The van der Waals surface area contributed by atoms with Gasteiger partial charge in [-0.3, -0.25) is 0 Å². The van der Waals surface area contributed by atoms with Crippen LogP contribution in [0.25, 0.3) is 0 Å². The first-order valence-electron chi connectivity index (χ1n) is 4.80. The Hall–Kier alpha value is -1.36. The summed E-state index contributed by atoms with van der Waals surface area (Å²) in [6.07, 6.45) is 0. The zero-order valence-corrected chi connectivity index (χ0v) is 11.8. The van der Waals surface area contributed by atoms with Gasteiger partial charge in [0.2, 0.25) is 10.0 Å². The standard InChI is InChI=1S/C11H10BrNO4S/c1-2-3-6-13-18(16,17)10-7-8(11(14)15)4-5-9(10)12/h4-5,7,13H,6H2,1H3,(H,14,15). The molecule has 96 valence electrons. The van der Waals surface area contributed by atoms with Crippen LogP contribution in [0.4, 0.5) is 0 Å². The van der Waals surface area contributed by atoms with Gasteiger partial charge in [-0.15, -0.1) is 5.92 Å². The normalized spacial score (nSPS) is 10.6. The van der Waals surface area contributed by atoms with Crippen molar-refractivity contribution in [1.82, 2.24) is 4.72 Å². The maximum Gasteiger partial charge on any atom is 0.335 e. The molecule has 0 aliphatic heterocycles. The molecule has 1 rings (SSSR count). The minimum absolute atomic E-state index is 0.0252. The smallest absolute Gasteiger partial charge is 0.335 e. The van der Waals surface area contributed by atoms with Crippen LogP contribution in [-0.4, -0.2) is 26.0 Å². The van der Waals surface area contributed by atoms with Crippen LogP contribution in [-0.2, 0) is 10.0 Å². The highest BCUT2D eigenvalue weighted by molar-refractivity contribution is 9.10. The van der Waals surface area contributed by atoms with Crippen molar-refractivity contribution in [3.8, 4) is 11.8 Å². The Balaban J connectivity index is 3.17. The average Bonchev–Trinajstić information content (AvgIpc) is 2.29. The molecule has 1 aromatic carbocycles. The van der Waals surface area contributed by atoms with Gasteiger partial charge < -0.3 is 5.11 Å². The van der Waals surface area contributed by atoms with E-state index < -0.39 is 16.0 Å². The second-order valence-electron chi connectivity index (χ2n) is 3.20. The Kier molecular flexibility index (Phi) is 4.90. The minimum atomic E-state index is -3.78. The number of hydrogen-bond donors (Lipinski definition) is 2. The second-order valence-corrected chi connectivity index (χ2v) is 5.79. The molecule has 0 aromatic heterocycles. The van der Waals surface area contributed by atoms with Crippen molar-refractivity contribution in [2.24, 2.45) is 0 Å². The lowest BCUT2D eigenvalue weighted by Crippen LogP contribution is -2.24. The first-order valence-corrected chi connectivity index (χ1v) is 7.08. The summed E-state index contributed by atoms with van der Waals surface area (Å²) in [6.45, 7) is 1.57. The molecule has 0 atom stereocenters. The summed E-state index contributed by atoms with van der Waals surface area (Å²) in [5.41, 5.74) is -0.0971. The van der Waals surface area contributed by atoms with E-state index in [1.165, 1.54) is 12.1 Å². The molecular formula is C11H10BrNO4S. The molecule has 0 bridgehead atoms. The van der Waals surface area contributed by atoms with Gasteiger partial charge in [0.25, 0.3) is 0 Å². The molecular weight excluding hydrogens is 322 g/mol. The number of aromatic carboxylic acids is 1. The van der Waals surface area contributed by atoms with E-state index >= 15 is 0 Å². The molecule has 0 spiro atoms. The Morgan fingerprint density at radius 1 is 1.50 bits per heavy atom. The number of benzene rings is 1. The first kappa shape index (κ1) is 14.7. The Morgan fingerprint density at radius 2 is 2.17 bits per heavy atom. The number of hydrogen-bond acceptors (Lipinski definition) is 3. The maximum absolute atomic E-state index is 11.9. The van der Waals surface area contributed by atoms with Crippen molar-refractivity contribution in [3.05, 3.63) is 28.2 Å². The predicted molar refractivity (Wildman–Crippen MR) is 69.7 cm³/mol. The first-order chi connectivity index (χ1) is 8.38. The highest BCUT2D eigenvalue weighted by Gasteiger charge is 2.18. The van der Waals surface area contributed by atoms with Crippen LogP contribution in [0.1, 0.15) is 17.3 Å². The molecule has 0 fully saturated rings. The van der Waals surface area contributed by atoms with Crippen LogP contribution in [0.2, 0.25) is 0 Å². The SMILES string of the molecule is CC#CCNS(=O)(=O)c1cc(C(=O)O)ccc1Br. The number of carboxylic acid groups (broad SMARTS) is 1. The zero-order chi connectivity index (χ0) is 13.8. The summed E-state index contributed by atoms with van der Waals surface area (Å²) in [4.78, 5) is 10.7. The molecule has 1 aromatic rings. The van der Waals surface area contributed by atoms with Gasteiger partial charge in [-0.1, -0.05) is 5.92 Å². The van der Waals surface area contributed by atoms with Crippen LogP contribution in [0, 0.1) is 11.8 Å². The van der Waals surface area contributed by atoms with Gasteiger partial charge >= 0.3 is 5.97 Å². The van der Waals surface area contributed by atoms with Crippen molar-refractivity contribution in [2.75, 3.05) is 6.54 Å². The summed E-state index contributed by atoms with van der Waals surface area (Å²) < 4.78 is 26.4. The highest BCUT2D eigenvalue weighted by Crippen LogP contribution is 2.23. The lowest BCUT2D eigenvalue weighted by atomic mass is 10.2. The van der Waals surface area contributed by atoms with E-state index in [1.54, 1.807) is 6.92 Å². The van der Waals surface area contributed by atoms with E-state index in [0.29, 0.717) is 4.47 Å². The Labute approximate surface area is 113 Å². The van der Waals surface area contributed by atoms with Crippen LogP contribution >= 0.6 is 15.9 Å². The van der Waals surface area contributed by atoms with Gasteiger partial charge in [0, 0.05) is 4.47 Å². The fourth-order valence-corrected chi connectivity index (χ4v) is 3.05. The summed E-state index contributed by atoms with van der Waals surface area (Å²) in [5, 5.41) is 8.83.